The lowest BCUT2D eigenvalue weighted by Gasteiger charge is -2.41. The molecule has 136 valence electrons. The van der Waals surface area contributed by atoms with Gasteiger partial charge in [0, 0.05) is 0 Å². The van der Waals surface area contributed by atoms with Gasteiger partial charge in [-0.2, -0.15) is 0 Å². The normalized spacial score (nSPS) is 12.8. The number of hydrogen-bond donors (Lipinski definition) is 3. The molecule has 22 heavy (non-hydrogen) atoms. The van der Waals surface area contributed by atoms with Crippen LogP contribution >= 0.6 is 7.82 Å². The van der Waals surface area contributed by atoms with Crippen LogP contribution in [0.25, 0.3) is 0 Å². The zero-order valence-corrected chi connectivity index (χ0v) is 16.2. The second-order valence-electron chi connectivity index (χ2n) is 6.52. The van der Waals surface area contributed by atoms with Gasteiger partial charge < -0.3 is 19.4 Å². The van der Waals surface area contributed by atoms with Crippen molar-refractivity contribution in [2.24, 2.45) is 0 Å². The van der Waals surface area contributed by atoms with E-state index >= 15 is 0 Å². The Morgan fingerprint density at radius 1 is 0.727 bits per heavy atom. The molecule has 0 fully saturated rings. The summed E-state index contributed by atoms with van der Waals surface area (Å²) < 4.78 is 15.5. The lowest BCUT2D eigenvalue weighted by Crippen LogP contribution is -2.41. The zero-order chi connectivity index (χ0) is 17.9. The van der Waals surface area contributed by atoms with E-state index in [2.05, 4.69) is 41.5 Å². The molecule has 0 rings (SSSR count). The van der Waals surface area contributed by atoms with Crippen LogP contribution in [0.3, 0.4) is 0 Å². The Labute approximate surface area is 136 Å². The van der Waals surface area contributed by atoms with E-state index in [-0.39, 0.29) is 11.2 Å². The second-order valence-corrected chi connectivity index (χ2v) is 7.54. The van der Waals surface area contributed by atoms with Crippen LogP contribution in [0.15, 0.2) is 0 Å². The molecule has 0 heterocycles. The molecule has 0 aromatic carbocycles. The van der Waals surface area contributed by atoms with Crippen molar-refractivity contribution in [2.45, 2.75) is 104 Å². The van der Waals surface area contributed by atoms with Crippen molar-refractivity contribution >= 4 is 7.82 Å². The minimum Gasteiger partial charge on any atom is -0.369 e. The van der Waals surface area contributed by atoms with Gasteiger partial charge in [0.1, 0.15) is 0 Å². The Kier molecular flexibility index (Phi) is 12.8. The highest BCUT2D eigenvalue weighted by Crippen LogP contribution is 2.34. The topological polar surface area (TPSA) is 87.0 Å². The Morgan fingerprint density at radius 3 is 1.05 bits per heavy atom. The van der Waals surface area contributed by atoms with Crippen LogP contribution in [0.5, 0.6) is 0 Å². The fourth-order valence-corrected chi connectivity index (χ4v) is 3.16. The van der Waals surface area contributed by atoms with Crippen LogP contribution < -0.4 is 0 Å². The summed E-state index contributed by atoms with van der Waals surface area (Å²) >= 11 is 0. The van der Waals surface area contributed by atoms with Crippen LogP contribution in [0.4, 0.5) is 0 Å². The molecule has 3 N–H and O–H groups in total. The van der Waals surface area contributed by atoms with Crippen molar-refractivity contribution in [3.05, 3.63) is 0 Å². The molecule has 0 bridgehead atoms. The summed E-state index contributed by atoms with van der Waals surface area (Å²) in [6.45, 7) is 13.7. The van der Waals surface area contributed by atoms with E-state index in [9.17, 15) is 0 Å². The van der Waals surface area contributed by atoms with E-state index in [1.54, 1.807) is 0 Å². The van der Waals surface area contributed by atoms with Gasteiger partial charge in [0.15, 0.2) is 0 Å². The zero-order valence-electron chi connectivity index (χ0n) is 15.3. The van der Waals surface area contributed by atoms with Crippen molar-refractivity contribution in [2.75, 3.05) is 0 Å². The summed E-state index contributed by atoms with van der Waals surface area (Å²) in [6.07, 6.45) is 9.59. The first-order valence-electron chi connectivity index (χ1n) is 8.43. The van der Waals surface area contributed by atoms with E-state index in [1.807, 2.05) is 0 Å². The van der Waals surface area contributed by atoms with Crippen LogP contribution in [-0.4, -0.2) is 25.9 Å². The third-order valence-corrected chi connectivity index (χ3v) is 3.61. The predicted molar refractivity (Wildman–Crippen MR) is 91.8 cm³/mol. The summed E-state index contributed by atoms with van der Waals surface area (Å²) in [5.41, 5.74) is 0.172. The molecule has 0 amide bonds. The number of phosphoric acid groups is 1. The number of rotatable bonds is 10. The van der Waals surface area contributed by atoms with Gasteiger partial charge in [-0.25, -0.2) is 4.57 Å². The van der Waals surface area contributed by atoms with Crippen LogP contribution in [-0.2, 0) is 9.30 Å². The monoisotopic (exact) mass is 340 g/mol. The molecule has 0 aliphatic rings. The molecule has 6 heteroatoms. The Balaban J connectivity index is 0. The highest BCUT2D eigenvalue weighted by atomic mass is 31.2. The fourth-order valence-electron chi connectivity index (χ4n) is 3.16. The molecule has 0 aliphatic carbocycles. The van der Waals surface area contributed by atoms with Crippen molar-refractivity contribution in [1.29, 1.82) is 0 Å². The maximum atomic E-state index is 8.88. The van der Waals surface area contributed by atoms with E-state index in [4.69, 9.17) is 24.0 Å². The third kappa shape index (κ3) is 15.0. The highest BCUT2D eigenvalue weighted by Gasteiger charge is 2.33. The van der Waals surface area contributed by atoms with Crippen LogP contribution in [0.1, 0.15) is 92.9 Å². The summed E-state index contributed by atoms with van der Waals surface area (Å²) in [5.74, 6) is 0. The molecule has 0 radical (unpaired) electrons. The first-order chi connectivity index (χ1) is 9.95. The minimum absolute atomic E-state index is 0.0859. The SMILES string of the molecule is CCCC(C)(CCC)OC(C)(CCC)CCC.O=P(O)(O)O. The lowest BCUT2D eigenvalue weighted by atomic mass is 9.89. The quantitative estimate of drug-likeness (QED) is 0.498. The van der Waals surface area contributed by atoms with Crippen molar-refractivity contribution in [3.8, 4) is 0 Å². The van der Waals surface area contributed by atoms with E-state index in [0.29, 0.717) is 0 Å². The standard InChI is InChI=1S/C16H34O.H3O4P/c1-7-11-15(5,12-8-2)17-16(6,13-9-3)14-10-4;1-5(2,3)4/h7-14H2,1-6H3;(H3,1,2,3,4). The van der Waals surface area contributed by atoms with E-state index < -0.39 is 7.82 Å². The van der Waals surface area contributed by atoms with Crippen molar-refractivity contribution in [1.82, 2.24) is 0 Å². The summed E-state index contributed by atoms with van der Waals surface area (Å²) in [7, 11) is -4.64. The van der Waals surface area contributed by atoms with Gasteiger partial charge in [0.25, 0.3) is 0 Å². The molecule has 0 aliphatic heterocycles. The summed E-state index contributed by atoms with van der Waals surface area (Å²) in [4.78, 5) is 21.6. The molecule has 0 aromatic rings. The highest BCUT2D eigenvalue weighted by molar-refractivity contribution is 7.45. The molecule has 5 nitrogen and oxygen atoms in total. The fraction of sp³-hybridized carbons (Fsp3) is 1.00. The molecule has 0 atom stereocenters. The maximum absolute atomic E-state index is 8.88. The van der Waals surface area contributed by atoms with Crippen LogP contribution in [0.2, 0.25) is 0 Å². The smallest absolute Gasteiger partial charge is 0.369 e. The van der Waals surface area contributed by atoms with Gasteiger partial charge in [0.05, 0.1) is 11.2 Å². The molecular formula is C16H37O5P. The Hall–Kier alpha value is 0.0700. The average Bonchev–Trinajstić information content (AvgIpc) is 2.26. The minimum atomic E-state index is -4.64. The Bertz CT molecular complexity index is 273. The average molecular weight is 340 g/mol. The first kappa shape index (κ1) is 24.3. The second kappa shape index (κ2) is 11.6. The van der Waals surface area contributed by atoms with E-state index in [0.717, 1.165) is 0 Å². The Morgan fingerprint density at radius 2 is 0.909 bits per heavy atom. The predicted octanol–water partition coefficient (Wildman–Crippen LogP) is 4.79. The van der Waals surface area contributed by atoms with Crippen LogP contribution in [0, 0.1) is 0 Å². The van der Waals surface area contributed by atoms with Gasteiger partial charge in [-0.15, -0.1) is 0 Å². The molecular weight excluding hydrogens is 303 g/mol. The molecule has 0 saturated heterocycles. The van der Waals surface area contributed by atoms with Gasteiger partial charge in [0.2, 0.25) is 0 Å². The van der Waals surface area contributed by atoms with Crippen molar-refractivity contribution < 1.29 is 24.0 Å². The van der Waals surface area contributed by atoms with Gasteiger partial charge in [-0.3, -0.25) is 0 Å². The molecule has 0 saturated carbocycles. The molecule has 0 spiro atoms. The third-order valence-electron chi connectivity index (χ3n) is 3.61. The number of ether oxygens (including phenoxy) is 1. The molecule has 0 unspecified atom stereocenters. The van der Waals surface area contributed by atoms with Gasteiger partial charge in [-0.1, -0.05) is 53.4 Å². The van der Waals surface area contributed by atoms with Gasteiger partial charge >= 0.3 is 7.82 Å². The number of hydrogen-bond acceptors (Lipinski definition) is 2. The first-order valence-corrected chi connectivity index (χ1v) is 10.00. The summed E-state index contributed by atoms with van der Waals surface area (Å²) in [5, 5.41) is 0. The lowest BCUT2D eigenvalue weighted by molar-refractivity contribution is -0.155. The van der Waals surface area contributed by atoms with Gasteiger partial charge in [-0.05, 0) is 39.5 Å². The maximum Gasteiger partial charge on any atom is 0.466 e. The van der Waals surface area contributed by atoms with E-state index in [1.165, 1.54) is 51.4 Å². The molecule has 0 aromatic heterocycles. The summed E-state index contributed by atoms with van der Waals surface area (Å²) in [6, 6.07) is 0. The van der Waals surface area contributed by atoms with Crippen molar-refractivity contribution in [3.63, 3.8) is 0 Å². The largest absolute Gasteiger partial charge is 0.466 e.